The Labute approximate surface area is 143 Å². The lowest BCUT2D eigenvalue weighted by Crippen LogP contribution is -2.22. The number of hydrogen-bond donors (Lipinski definition) is 1. The van der Waals surface area contributed by atoms with Crippen LogP contribution in [0.2, 0.25) is 5.02 Å². The molecule has 3 heterocycles. The van der Waals surface area contributed by atoms with Crippen LogP contribution in [0.15, 0.2) is 75.6 Å². The summed E-state index contributed by atoms with van der Waals surface area (Å²) in [5, 5.41) is 2.38. The normalized spacial score (nSPS) is 17.7. The first-order valence-corrected chi connectivity index (χ1v) is 7.87. The molecule has 0 radical (unpaired) electrons. The van der Waals surface area contributed by atoms with E-state index >= 15 is 0 Å². The topological polar surface area (TPSA) is 64.8 Å². The molecular formula is C18H15ClN2O3. The van der Waals surface area contributed by atoms with Gasteiger partial charge in [0.1, 0.15) is 23.3 Å². The highest BCUT2D eigenvalue weighted by atomic mass is 35.5. The molecule has 3 aromatic rings. The number of benzene rings is 1. The van der Waals surface area contributed by atoms with Gasteiger partial charge in [-0.15, -0.1) is 5.06 Å². The van der Waals surface area contributed by atoms with Crippen LogP contribution in [0, 0.1) is 0 Å². The van der Waals surface area contributed by atoms with Crippen LogP contribution < -0.4 is 5.73 Å². The second-order valence-corrected chi connectivity index (χ2v) is 5.91. The smallest absolute Gasteiger partial charge is 0.207 e. The highest BCUT2D eigenvalue weighted by molar-refractivity contribution is 6.30. The third-order valence-electron chi connectivity index (χ3n) is 3.77. The van der Waals surface area contributed by atoms with E-state index < -0.39 is 0 Å². The number of hydrogen-bond acceptors (Lipinski definition) is 5. The highest BCUT2D eigenvalue weighted by Crippen LogP contribution is 2.34. The molecule has 6 heteroatoms. The first-order chi connectivity index (χ1) is 11.7. The van der Waals surface area contributed by atoms with E-state index in [2.05, 4.69) is 0 Å². The van der Waals surface area contributed by atoms with Gasteiger partial charge in [0.05, 0.1) is 12.8 Å². The van der Waals surface area contributed by atoms with Crippen molar-refractivity contribution in [1.82, 2.24) is 5.06 Å². The number of rotatable bonds is 4. The Morgan fingerprint density at radius 3 is 2.83 bits per heavy atom. The van der Waals surface area contributed by atoms with Gasteiger partial charge in [0.15, 0.2) is 0 Å². The SMILES string of the molecule is NC1=CC(c2ccc(-c3cccc(Cl)c3)o2)N(Cc2ccco2)O1. The third-order valence-corrected chi connectivity index (χ3v) is 4.01. The van der Waals surface area contributed by atoms with Crippen molar-refractivity contribution in [3.63, 3.8) is 0 Å². The van der Waals surface area contributed by atoms with E-state index in [4.69, 9.17) is 31.0 Å². The first-order valence-electron chi connectivity index (χ1n) is 7.49. The predicted molar refractivity (Wildman–Crippen MR) is 89.5 cm³/mol. The maximum Gasteiger partial charge on any atom is 0.207 e. The zero-order valence-electron chi connectivity index (χ0n) is 12.7. The predicted octanol–water partition coefficient (Wildman–Crippen LogP) is 4.48. The minimum Gasteiger partial charge on any atom is -0.468 e. The number of halogens is 1. The van der Waals surface area contributed by atoms with Crippen molar-refractivity contribution in [2.24, 2.45) is 5.73 Å². The Morgan fingerprint density at radius 1 is 1.12 bits per heavy atom. The molecule has 1 unspecified atom stereocenters. The molecule has 0 spiro atoms. The maximum absolute atomic E-state index is 6.04. The van der Waals surface area contributed by atoms with Crippen molar-refractivity contribution in [3.8, 4) is 11.3 Å². The average molecular weight is 343 g/mol. The molecule has 0 saturated carbocycles. The molecule has 4 rings (SSSR count). The number of nitrogens with two attached hydrogens (primary N) is 1. The number of nitrogens with zero attached hydrogens (tertiary/aromatic N) is 1. The van der Waals surface area contributed by atoms with Crippen LogP contribution in [0.4, 0.5) is 0 Å². The lowest BCUT2D eigenvalue weighted by Gasteiger charge is -2.19. The van der Waals surface area contributed by atoms with Gasteiger partial charge in [0.2, 0.25) is 5.88 Å². The lowest BCUT2D eigenvalue weighted by atomic mass is 10.2. The summed E-state index contributed by atoms with van der Waals surface area (Å²) in [5.41, 5.74) is 6.75. The summed E-state index contributed by atoms with van der Waals surface area (Å²) in [6.45, 7) is 0.460. The molecule has 0 fully saturated rings. The Bertz CT molecular complexity index is 870. The lowest BCUT2D eigenvalue weighted by molar-refractivity contribution is -0.134. The molecule has 0 amide bonds. The largest absolute Gasteiger partial charge is 0.468 e. The second kappa shape index (κ2) is 6.11. The van der Waals surface area contributed by atoms with Crippen LogP contribution in [-0.2, 0) is 11.4 Å². The van der Waals surface area contributed by atoms with Crippen LogP contribution in [0.1, 0.15) is 17.6 Å². The minimum absolute atomic E-state index is 0.219. The van der Waals surface area contributed by atoms with E-state index in [1.54, 1.807) is 11.3 Å². The monoisotopic (exact) mass is 342 g/mol. The van der Waals surface area contributed by atoms with E-state index in [1.807, 2.05) is 54.6 Å². The van der Waals surface area contributed by atoms with Crippen LogP contribution in [0.25, 0.3) is 11.3 Å². The van der Waals surface area contributed by atoms with Gasteiger partial charge in [-0.25, -0.2) is 0 Å². The molecule has 5 nitrogen and oxygen atoms in total. The molecule has 1 aliphatic rings. The summed E-state index contributed by atoms with van der Waals surface area (Å²) >= 11 is 6.04. The summed E-state index contributed by atoms with van der Waals surface area (Å²) < 4.78 is 11.4. The molecule has 0 bridgehead atoms. The Balaban J connectivity index is 1.60. The fourth-order valence-electron chi connectivity index (χ4n) is 2.68. The van der Waals surface area contributed by atoms with Crippen LogP contribution in [-0.4, -0.2) is 5.06 Å². The van der Waals surface area contributed by atoms with Crippen LogP contribution >= 0.6 is 11.6 Å². The van der Waals surface area contributed by atoms with Gasteiger partial charge < -0.3 is 19.4 Å². The van der Waals surface area contributed by atoms with Crippen molar-refractivity contribution in [2.45, 2.75) is 12.6 Å². The van der Waals surface area contributed by atoms with Gasteiger partial charge in [0, 0.05) is 16.7 Å². The van der Waals surface area contributed by atoms with Crippen LogP contribution in [0.3, 0.4) is 0 Å². The molecule has 1 atom stereocenters. The van der Waals surface area contributed by atoms with Gasteiger partial charge in [-0.2, -0.15) is 0 Å². The van der Waals surface area contributed by atoms with Crippen molar-refractivity contribution in [3.05, 3.63) is 83.3 Å². The molecule has 0 aliphatic carbocycles. The van der Waals surface area contributed by atoms with E-state index in [9.17, 15) is 0 Å². The number of furan rings is 2. The van der Waals surface area contributed by atoms with Gasteiger partial charge in [-0.3, -0.25) is 0 Å². The second-order valence-electron chi connectivity index (χ2n) is 5.47. The molecule has 1 aliphatic heterocycles. The van der Waals surface area contributed by atoms with Crippen molar-refractivity contribution < 1.29 is 13.7 Å². The molecule has 1 aromatic carbocycles. The summed E-state index contributed by atoms with van der Waals surface area (Å²) in [4.78, 5) is 5.57. The number of hydroxylamine groups is 2. The molecule has 122 valence electrons. The molecular weight excluding hydrogens is 328 g/mol. The Hall–Kier alpha value is -2.63. The summed E-state index contributed by atoms with van der Waals surface area (Å²) in [7, 11) is 0. The molecule has 0 saturated heterocycles. The van der Waals surface area contributed by atoms with E-state index in [-0.39, 0.29) is 6.04 Å². The fraction of sp³-hybridized carbons (Fsp3) is 0.111. The zero-order valence-corrected chi connectivity index (χ0v) is 13.4. The van der Waals surface area contributed by atoms with Crippen molar-refractivity contribution >= 4 is 11.6 Å². The van der Waals surface area contributed by atoms with Gasteiger partial charge in [-0.05, 0) is 36.4 Å². The van der Waals surface area contributed by atoms with Crippen molar-refractivity contribution in [2.75, 3.05) is 0 Å². The fourth-order valence-corrected chi connectivity index (χ4v) is 2.87. The van der Waals surface area contributed by atoms with Crippen molar-refractivity contribution in [1.29, 1.82) is 0 Å². The molecule has 24 heavy (non-hydrogen) atoms. The molecule has 2 aromatic heterocycles. The van der Waals surface area contributed by atoms with Gasteiger partial charge >= 0.3 is 0 Å². The van der Waals surface area contributed by atoms with Crippen LogP contribution in [0.5, 0.6) is 0 Å². The van der Waals surface area contributed by atoms with E-state index in [0.29, 0.717) is 17.5 Å². The van der Waals surface area contributed by atoms with Gasteiger partial charge in [0.25, 0.3) is 0 Å². The quantitative estimate of drug-likeness (QED) is 0.757. The average Bonchev–Trinajstić information content (AvgIpc) is 3.29. The summed E-state index contributed by atoms with van der Waals surface area (Å²) in [6.07, 6.45) is 3.44. The summed E-state index contributed by atoms with van der Waals surface area (Å²) in [5.74, 6) is 2.60. The molecule has 2 N–H and O–H groups in total. The van der Waals surface area contributed by atoms with Gasteiger partial charge in [-0.1, -0.05) is 23.7 Å². The van der Waals surface area contributed by atoms with E-state index in [1.165, 1.54) is 0 Å². The maximum atomic E-state index is 6.04. The zero-order chi connectivity index (χ0) is 16.5. The minimum atomic E-state index is -0.219. The summed E-state index contributed by atoms with van der Waals surface area (Å²) in [6, 6.07) is 14.8. The first kappa shape index (κ1) is 14.9. The highest BCUT2D eigenvalue weighted by Gasteiger charge is 2.30. The standard InChI is InChI=1S/C18H15ClN2O3/c19-13-4-1-3-12(9-13)16-6-7-17(23-16)15-10-18(20)24-21(15)11-14-5-2-8-22-14/h1-10,15H,11,20H2. The third kappa shape index (κ3) is 2.91. The Morgan fingerprint density at radius 2 is 2.04 bits per heavy atom. The van der Waals surface area contributed by atoms with E-state index in [0.717, 1.165) is 22.8 Å². The Kier molecular flexibility index (Phi) is 3.80.